The van der Waals surface area contributed by atoms with Crippen LogP contribution >= 0.6 is 0 Å². The van der Waals surface area contributed by atoms with Gasteiger partial charge >= 0.3 is 0 Å². The molecule has 1 aromatic rings. The summed E-state index contributed by atoms with van der Waals surface area (Å²) in [6, 6.07) is 10.1. The molecule has 0 spiro atoms. The summed E-state index contributed by atoms with van der Waals surface area (Å²) in [6.45, 7) is 4.02. The smallest absolute Gasteiger partial charge is 0.230 e. The summed E-state index contributed by atoms with van der Waals surface area (Å²) >= 11 is 0. The Labute approximate surface area is 114 Å². The van der Waals surface area contributed by atoms with E-state index < -0.39 is 0 Å². The van der Waals surface area contributed by atoms with E-state index in [1.165, 1.54) is 0 Å². The SMILES string of the molecule is CC1(C)C(O)CC1NC(=O)C1(c2ccccc2)CC1. The summed E-state index contributed by atoms with van der Waals surface area (Å²) in [5.74, 6) is 0.128. The summed E-state index contributed by atoms with van der Waals surface area (Å²) in [4.78, 5) is 12.5. The van der Waals surface area contributed by atoms with Crippen LogP contribution in [0, 0.1) is 5.41 Å². The predicted octanol–water partition coefficient (Wildman–Crippen LogP) is 1.99. The van der Waals surface area contributed by atoms with Gasteiger partial charge in [0.1, 0.15) is 0 Å². The molecule has 102 valence electrons. The van der Waals surface area contributed by atoms with Crippen molar-refractivity contribution < 1.29 is 9.90 Å². The molecule has 0 aliphatic heterocycles. The highest BCUT2D eigenvalue weighted by molar-refractivity contribution is 5.91. The Morgan fingerprint density at radius 2 is 1.89 bits per heavy atom. The first kappa shape index (κ1) is 12.7. The van der Waals surface area contributed by atoms with Gasteiger partial charge in [-0.25, -0.2) is 0 Å². The molecule has 1 aromatic carbocycles. The highest BCUT2D eigenvalue weighted by atomic mass is 16.3. The molecule has 0 aromatic heterocycles. The Morgan fingerprint density at radius 3 is 2.37 bits per heavy atom. The number of rotatable bonds is 3. The summed E-state index contributed by atoms with van der Waals surface area (Å²) in [5.41, 5.74) is 0.602. The van der Waals surface area contributed by atoms with Crippen LogP contribution in [-0.2, 0) is 10.2 Å². The van der Waals surface area contributed by atoms with E-state index in [0.29, 0.717) is 6.42 Å². The van der Waals surface area contributed by atoms with Crippen LogP contribution in [0.15, 0.2) is 30.3 Å². The number of carbonyl (C=O) groups excluding carboxylic acids is 1. The summed E-state index contributed by atoms with van der Waals surface area (Å²) in [5, 5.41) is 12.9. The van der Waals surface area contributed by atoms with Crippen LogP contribution in [0.4, 0.5) is 0 Å². The second kappa shape index (κ2) is 4.07. The summed E-state index contributed by atoms with van der Waals surface area (Å²) in [6.07, 6.45) is 2.23. The molecule has 2 fully saturated rings. The Balaban J connectivity index is 1.72. The van der Waals surface area contributed by atoms with E-state index in [-0.39, 0.29) is 28.9 Å². The molecular formula is C16H21NO2. The highest BCUT2D eigenvalue weighted by Gasteiger charge is 2.54. The fourth-order valence-electron chi connectivity index (χ4n) is 2.97. The van der Waals surface area contributed by atoms with Crippen LogP contribution in [0.1, 0.15) is 38.7 Å². The number of nitrogens with one attached hydrogen (secondary N) is 1. The molecule has 1 amide bonds. The molecule has 2 saturated carbocycles. The average Bonchev–Trinajstić information content (AvgIpc) is 3.21. The van der Waals surface area contributed by atoms with Crippen molar-refractivity contribution in [3.8, 4) is 0 Å². The van der Waals surface area contributed by atoms with Crippen LogP contribution in [0.3, 0.4) is 0 Å². The fourth-order valence-corrected chi connectivity index (χ4v) is 2.97. The van der Waals surface area contributed by atoms with E-state index in [2.05, 4.69) is 5.32 Å². The maximum atomic E-state index is 12.5. The minimum atomic E-state index is -0.308. The van der Waals surface area contributed by atoms with Gasteiger partial charge in [-0.3, -0.25) is 4.79 Å². The maximum Gasteiger partial charge on any atom is 0.230 e. The molecule has 0 saturated heterocycles. The van der Waals surface area contributed by atoms with Crippen LogP contribution < -0.4 is 5.32 Å². The van der Waals surface area contributed by atoms with Gasteiger partial charge in [-0.2, -0.15) is 0 Å². The van der Waals surface area contributed by atoms with Crippen LogP contribution in [0.2, 0.25) is 0 Å². The lowest BCUT2D eigenvalue weighted by atomic mass is 9.64. The molecule has 3 nitrogen and oxygen atoms in total. The Morgan fingerprint density at radius 1 is 1.26 bits per heavy atom. The fraction of sp³-hybridized carbons (Fsp3) is 0.562. The molecule has 3 rings (SSSR count). The lowest BCUT2D eigenvalue weighted by Gasteiger charge is -2.49. The quantitative estimate of drug-likeness (QED) is 0.872. The van der Waals surface area contributed by atoms with Gasteiger partial charge in [-0.15, -0.1) is 0 Å². The van der Waals surface area contributed by atoms with Gasteiger partial charge in [-0.1, -0.05) is 44.2 Å². The van der Waals surface area contributed by atoms with Crippen LogP contribution in [0.25, 0.3) is 0 Å². The molecular weight excluding hydrogens is 238 g/mol. The standard InChI is InChI=1S/C16H21NO2/c1-15(2)12(10-13(15)18)17-14(19)16(8-9-16)11-6-4-3-5-7-11/h3-7,12-13,18H,8-10H2,1-2H3,(H,17,19). The third-order valence-corrected chi connectivity index (χ3v) is 5.03. The van der Waals surface area contributed by atoms with Crippen molar-refractivity contribution in [2.24, 2.45) is 5.41 Å². The third-order valence-electron chi connectivity index (χ3n) is 5.03. The van der Waals surface area contributed by atoms with E-state index in [4.69, 9.17) is 0 Å². The zero-order valence-electron chi connectivity index (χ0n) is 11.5. The Kier molecular flexibility index (Phi) is 2.72. The van der Waals surface area contributed by atoms with Crippen molar-refractivity contribution in [3.05, 3.63) is 35.9 Å². The van der Waals surface area contributed by atoms with Gasteiger partial charge < -0.3 is 10.4 Å². The number of hydrogen-bond acceptors (Lipinski definition) is 2. The molecule has 0 bridgehead atoms. The Hall–Kier alpha value is -1.35. The van der Waals surface area contributed by atoms with Gasteiger partial charge in [0.2, 0.25) is 5.91 Å². The first-order valence-electron chi connectivity index (χ1n) is 7.01. The minimum Gasteiger partial charge on any atom is -0.392 e. The molecule has 0 heterocycles. The monoisotopic (exact) mass is 259 g/mol. The largest absolute Gasteiger partial charge is 0.392 e. The zero-order valence-corrected chi connectivity index (χ0v) is 11.5. The van der Waals surface area contributed by atoms with Gasteiger partial charge in [-0.05, 0) is 24.8 Å². The molecule has 0 radical (unpaired) electrons. The lowest BCUT2D eigenvalue weighted by molar-refractivity contribution is -0.131. The van der Waals surface area contributed by atoms with Crippen molar-refractivity contribution in [2.45, 2.75) is 50.7 Å². The summed E-state index contributed by atoms with van der Waals surface area (Å²) in [7, 11) is 0. The predicted molar refractivity (Wildman–Crippen MR) is 73.7 cm³/mol. The Bertz CT molecular complexity index is 491. The number of aliphatic hydroxyl groups excluding tert-OH is 1. The molecule has 2 unspecified atom stereocenters. The maximum absolute atomic E-state index is 12.5. The zero-order chi connectivity index (χ0) is 13.7. The number of aliphatic hydroxyl groups is 1. The van der Waals surface area contributed by atoms with Crippen molar-refractivity contribution in [2.75, 3.05) is 0 Å². The lowest BCUT2D eigenvalue weighted by Crippen LogP contribution is -2.62. The van der Waals surface area contributed by atoms with Crippen LogP contribution in [0.5, 0.6) is 0 Å². The van der Waals surface area contributed by atoms with Gasteiger partial charge in [0.15, 0.2) is 0 Å². The number of carbonyl (C=O) groups is 1. The first-order chi connectivity index (χ1) is 8.97. The topological polar surface area (TPSA) is 49.3 Å². The number of amides is 1. The van der Waals surface area contributed by atoms with Crippen molar-refractivity contribution in [3.63, 3.8) is 0 Å². The molecule has 2 N–H and O–H groups in total. The normalized spacial score (nSPS) is 30.3. The highest BCUT2D eigenvalue weighted by Crippen LogP contribution is 2.49. The second-order valence-electron chi connectivity index (χ2n) is 6.55. The van der Waals surface area contributed by atoms with E-state index in [1.54, 1.807) is 0 Å². The van der Waals surface area contributed by atoms with Crippen LogP contribution in [-0.4, -0.2) is 23.2 Å². The minimum absolute atomic E-state index is 0.0937. The van der Waals surface area contributed by atoms with Gasteiger partial charge in [0, 0.05) is 11.5 Å². The van der Waals surface area contributed by atoms with E-state index in [9.17, 15) is 9.90 Å². The van der Waals surface area contributed by atoms with E-state index >= 15 is 0 Å². The average molecular weight is 259 g/mol. The first-order valence-corrected chi connectivity index (χ1v) is 7.01. The van der Waals surface area contributed by atoms with Crippen molar-refractivity contribution >= 4 is 5.91 Å². The third kappa shape index (κ3) is 1.88. The molecule has 2 atom stereocenters. The van der Waals surface area contributed by atoms with E-state index in [1.807, 2.05) is 44.2 Å². The van der Waals surface area contributed by atoms with Crippen molar-refractivity contribution in [1.29, 1.82) is 0 Å². The molecule has 3 heteroatoms. The van der Waals surface area contributed by atoms with Gasteiger partial charge in [0.25, 0.3) is 0 Å². The number of hydrogen-bond donors (Lipinski definition) is 2. The molecule has 2 aliphatic rings. The number of benzene rings is 1. The van der Waals surface area contributed by atoms with Gasteiger partial charge in [0.05, 0.1) is 11.5 Å². The molecule has 2 aliphatic carbocycles. The second-order valence-corrected chi connectivity index (χ2v) is 6.55. The van der Waals surface area contributed by atoms with Crippen molar-refractivity contribution in [1.82, 2.24) is 5.32 Å². The van der Waals surface area contributed by atoms with E-state index in [0.717, 1.165) is 18.4 Å². The summed E-state index contributed by atoms with van der Waals surface area (Å²) < 4.78 is 0. The molecule has 19 heavy (non-hydrogen) atoms.